The summed E-state index contributed by atoms with van der Waals surface area (Å²) in [6.07, 6.45) is 41.5. The smallest absolute Gasteiger partial charge is 0.220 e. The number of carbonyl (C=O) groups excluding carboxylic acids is 1. The second-order valence-corrected chi connectivity index (χ2v) is 23.3. The maximum absolute atomic E-state index is 13.2. The maximum atomic E-state index is 13.2. The number of hydrogen-bond acceptors (Lipinski definition) is 13. The van der Waals surface area contributed by atoms with E-state index in [1.165, 1.54) is 225 Å². The highest BCUT2D eigenvalue weighted by Gasteiger charge is 2.51. The van der Waals surface area contributed by atoms with Crippen LogP contribution in [0.4, 0.5) is 0 Å². The molecule has 14 nitrogen and oxygen atoms in total. The van der Waals surface area contributed by atoms with Gasteiger partial charge in [-0.15, -0.1) is 0 Å². The van der Waals surface area contributed by atoms with Gasteiger partial charge in [-0.2, -0.15) is 0 Å². The number of hydrogen-bond donors (Lipinski definition) is 9. The molecule has 2 rings (SSSR count). The van der Waals surface area contributed by atoms with Crippen molar-refractivity contribution in [1.82, 2.24) is 5.32 Å². The molecule has 0 radical (unpaired) electrons. The summed E-state index contributed by atoms with van der Waals surface area (Å²) in [5.41, 5.74) is 0. The molecule has 0 spiro atoms. The number of ether oxygens (including phenoxy) is 4. The van der Waals surface area contributed by atoms with E-state index < -0.39 is 86.8 Å². The second kappa shape index (κ2) is 49.3. The summed E-state index contributed by atoms with van der Waals surface area (Å²) in [5.74, 6) is -0.237. The quantitative estimate of drug-likeness (QED) is 0.0204. The summed E-state index contributed by atoms with van der Waals surface area (Å²) in [5, 5.41) is 87.1. The molecular weight excluding hydrogens is 979 g/mol. The summed E-state index contributed by atoms with van der Waals surface area (Å²) in [7, 11) is 0. The van der Waals surface area contributed by atoms with E-state index in [1.54, 1.807) is 6.08 Å². The van der Waals surface area contributed by atoms with Gasteiger partial charge < -0.3 is 65.1 Å². The topological polar surface area (TPSA) is 228 Å². The van der Waals surface area contributed by atoms with Gasteiger partial charge in [-0.25, -0.2) is 0 Å². The lowest BCUT2D eigenvalue weighted by atomic mass is 9.97. The van der Waals surface area contributed by atoms with Crippen LogP contribution in [0, 0.1) is 0 Å². The summed E-state index contributed by atoms with van der Waals surface area (Å²) >= 11 is 0. The first-order chi connectivity index (χ1) is 37.6. The SMILES string of the molecule is CCCCCCCCCCCCCCCCCCCCCCCCCCCCCCCC/C=C/C(O)C(COC1OC(CO)C(OC2OC(CO)C(O)C(O)C2O)C(O)C1O)NC(=O)CCCCCCCCCCCCC. The fourth-order valence-corrected chi connectivity index (χ4v) is 11.0. The van der Waals surface area contributed by atoms with Gasteiger partial charge in [0.25, 0.3) is 0 Å². The Bertz CT molecular complexity index is 1340. The molecule has 0 aromatic carbocycles. The van der Waals surface area contributed by atoms with Gasteiger partial charge in [-0.1, -0.05) is 276 Å². The van der Waals surface area contributed by atoms with E-state index in [-0.39, 0.29) is 18.9 Å². The molecule has 2 aliphatic rings. The van der Waals surface area contributed by atoms with Gasteiger partial charge in [0, 0.05) is 6.42 Å². The second-order valence-electron chi connectivity index (χ2n) is 23.3. The summed E-state index contributed by atoms with van der Waals surface area (Å²) in [6.45, 7) is 2.81. The molecule has 12 unspecified atom stereocenters. The van der Waals surface area contributed by atoms with E-state index in [4.69, 9.17) is 18.9 Å². The van der Waals surface area contributed by atoms with Crippen molar-refractivity contribution in [3.05, 3.63) is 12.2 Å². The highest BCUT2D eigenvalue weighted by molar-refractivity contribution is 5.76. The molecule has 2 saturated heterocycles. The number of aliphatic hydroxyl groups excluding tert-OH is 8. The van der Waals surface area contributed by atoms with Crippen LogP contribution in [0.25, 0.3) is 0 Å². The first-order valence-corrected chi connectivity index (χ1v) is 32.4. The van der Waals surface area contributed by atoms with Crippen molar-refractivity contribution in [2.75, 3.05) is 19.8 Å². The first kappa shape index (κ1) is 71.8. The van der Waals surface area contributed by atoms with Crippen LogP contribution in [-0.2, 0) is 23.7 Å². The van der Waals surface area contributed by atoms with E-state index in [0.29, 0.717) is 6.42 Å². The van der Waals surface area contributed by atoms with E-state index >= 15 is 0 Å². The minimum atomic E-state index is -1.79. The Hall–Kier alpha value is -1.27. The van der Waals surface area contributed by atoms with Gasteiger partial charge in [-0.05, 0) is 19.3 Å². The van der Waals surface area contributed by atoms with Crippen LogP contribution >= 0.6 is 0 Å². The van der Waals surface area contributed by atoms with Gasteiger partial charge in [0.1, 0.15) is 48.8 Å². The lowest BCUT2D eigenvalue weighted by molar-refractivity contribution is -0.359. The Labute approximate surface area is 469 Å². The van der Waals surface area contributed by atoms with Crippen LogP contribution < -0.4 is 5.32 Å². The largest absolute Gasteiger partial charge is 0.394 e. The van der Waals surface area contributed by atoms with Crippen LogP contribution in [-0.4, -0.2) is 140 Å². The molecule has 0 saturated carbocycles. The third-order valence-electron chi connectivity index (χ3n) is 16.2. The molecule has 0 bridgehead atoms. The Morgan fingerprint density at radius 2 is 0.805 bits per heavy atom. The van der Waals surface area contributed by atoms with Crippen molar-refractivity contribution >= 4 is 5.91 Å². The Balaban J connectivity index is 1.63. The minimum Gasteiger partial charge on any atom is -0.394 e. The number of rotatable bonds is 53. The molecule has 0 aromatic rings. The molecule has 2 fully saturated rings. The third kappa shape index (κ3) is 34.7. The standard InChI is InChI=1S/C63H121NO13/c1-3-5-7-9-11-13-15-16-17-18-19-20-21-22-23-24-25-26-27-28-29-30-31-32-33-34-35-37-38-40-42-44-46-52(67)51(64-55(68)47-45-43-41-39-36-14-12-10-8-6-4-2)50-74-62-60(73)58(71)61(54(49-66)76-62)77-63-59(72)57(70)56(69)53(48-65)75-63/h44,46,51-54,56-63,65-67,69-73H,3-43,45,47-50H2,1-2H3,(H,64,68)/b46-44+. The molecule has 456 valence electrons. The van der Waals surface area contributed by atoms with Crippen molar-refractivity contribution in [3.8, 4) is 0 Å². The fraction of sp³-hybridized carbons (Fsp3) is 0.952. The molecule has 2 heterocycles. The molecule has 1 amide bonds. The van der Waals surface area contributed by atoms with Crippen molar-refractivity contribution in [2.24, 2.45) is 0 Å². The fourth-order valence-electron chi connectivity index (χ4n) is 11.0. The lowest BCUT2D eigenvalue weighted by Crippen LogP contribution is -2.65. The number of unbranched alkanes of at least 4 members (excludes halogenated alkanes) is 40. The predicted octanol–water partition coefficient (Wildman–Crippen LogP) is 11.8. The normalized spacial score (nSPS) is 24.7. The average Bonchev–Trinajstić information content (AvgIpc) is 3.43. The van der Waals surface area contributed by atoms with Gasteiger partial charge >= 0.3 is 0 Å². The lowest BCUT2D eigenvalue weighted by Gasteiger charge is -2.46. The molecule has 9 N–H and O–H groups in total. The average molecular weight is 1100 g/mol. The van der Waals surface area contributed by atoms with E-state index in [1.807, 2.05) is 6.08 Å². The van der Waals surface area contributed by atoms with Crippen LogP contribution in [0.15, 0.2) is 12.2 Å². The van der Waals surface area contributed by atoms with Crippen LogP contribution in [0.5, 0.6) is 0 Å². The molecule has 0 aliphatic carbocycles. The number of carbonyl (C=O) groups is 1. The van der Waals surface area contributed by atoms with Crippen molar-refractivity contribution in [3.63, 3.8) is 0 Å². The van der Waals surface area contributed by atoms with Gasteiger partial charge in [0.15, 0.2) is 12.6 Å². The molecule has 12 atom stereocenters. The van der Waals surface area contributed by atoms with Crippen LogP contribution in [0.1, 0.15) is 290 Å². The zero-order chi connectivity index (χ0) is 56.0. The summed E-state index contributed by atoms with van der Waals surface area (Å²) in [4.78, 5) is 13.2. The Kier molecular flexibility index (Phi) is 46.0. The summed E-state index contributed by atoms with van der Waals surface area (Å²) < 4.78 is 22.8. The van der Waals surface area contributed by atoms with E-state index in [9.17, 15) is 45.6 Å². The Morgan fingerprint density at radius 3 is 1.19 bits per heavy atom. The predicted molar refractivity (Wildman–Crippen MR) is 309 cm³/mol. The third-order valence-corrected chi connectivity index (χ3v) is 16.2. The summed E-state index contributed by atoms with van der Waals surface area (Å²) in [6, 6.07) is -0.909. The highest BCUT2D eigenvalue weighted by Crippen LogP contribution is 2.30. The molecular formula is C63H121NO13. The van der Waals surface area contributed by atoms with Crippen molar-refractivity contribution in [2.45, 2.75) is 364 Å². The number of aliphatic hydroxyl groups is 8. The first-order valence-electron chi connectivity index (χ1n) is 32.4. The zero-order valence-electron chi connectivity index (χ0n) is 49.2. The number of amides is 1. The van der Waals surface area contributed by atoms with Crippen molar-refractivity contribution < 1.29 is 64.6 Å². The van der Waals surface area contributed by atoms with Gasteiger partial charge in [0.2, 0.25) is 5.91 Å². The van der Waals surface area contributed by atoms with Crippen LogP contribution in [0.3, 0.4) is 0 Å². The highest BCUT2D eigenvalue weighted by atomic mass is 16.7. The Morgan fingerprint density at radius 1 is 0.455 bits per heavy atom. The van der Waals surface area contributed by atoms with Crippen molar-refractivity contribution in [1.29, 1.82) is 0 Å². The monoisotopic (exact) mass is 1100 g/mol. The molecule has 77 heavy (non-hydrogen) atoms. The van der Waals surface area contributed by atoms with Gasteiger partial charge in [-0.3, -0.25) is 4.79 Å². The molecule has 14 heteroatoms. The number of allylic oxidation sites excluding steroid dienone is 1. The van der Waals surface area contributed by atoms with E-state index in [0.717, 1.165) is 38.5 Å². The maximum Gasteiger partial charge on any atom is 0.220 e. The minimum absolute atomic E-state index is 0.237. The molecule has 2 aliphatic heterocycles. The number of nitrogens with one attached hydrogen (secondary N) is 1. The van der Waals surface area contributed by atoms with Gasteiger partial charge in [0.05, 0.1) is 32.0 Å². The molecule has 0 aromatic heterocycles. The van der Waals surface area contributed by atoms with E-state index in [2.05, 4.69) is 19.2 Å². The zero-order valence-corrected chi connectivity index (χ0v) is 49.2. The van der Waals surface area contributed by atoms with Crippen LogP contribution in [0.2, 0.25) is 0 Å².